The van der Waals surface area contributed by atoms with Gasteiger partial charge < -0.3 is 14.4 Å². The summed E-state index contributed by atoms with van der Waals surface area (Å²) in [5.74, 6) is -1.09. The Morgan fingerprint density at radius 1 is 1.14 bits per heavy atom. The monoisotopic (exact) mass is 480 g/mol. The summed E-state index contributed by atoms with van der Waals surface area (Å²) < 4.78 is 41.2. The van der Waals surface area contributed by atoms with Crippen LogP contribution in [0.1, 0.15) is 33.2 Å². The largest absolute Gasteiger partial charge is 0.494 e. The van der Waals surface area contributed by atoms with E-state index in [0.717, 1.165) is 0 Å². The average Bonchev–Trinajstić information content (AvgIpc) is 3.45. The second kappa shape index (κ2) is 9.37. The van der Waals surface area contributed by atoms with Crippen molar-refractivity contribution in [1.29, 1.82) is 0 Å². The molecule has 9 heteroatoms. The molecule has 3 aromatic rings. The second-order valence-electron chi connectivity index (χ2n) is 9.37. The van der Waals surface area contributed by atoms with Gasteiger partial charge >= 0.3 is 6.09 Å². The highest BCUT2D eigenvalue weighted by Gasteiger charge is 2.32. The first-order valence-electron chi connectivity index (χ1n) is 11.2. The highest BCUT2D eigenvalue weighted by Crippen LogP contribution is 2.36. The molecule has 7 nitrogen and oxygen atoms in total. The van der Waals surface area contributed by atoms with Gasteiger partial charge in [0, 0.05) is 30.4 Å². The molecule has 1 aromatic heterocycles. The molecule has 0 aliphatic carbocycles. The minimum absolute atomic E-state index is 0.0815. The van der Waals surface area contributed by atoms with Crippen LogP contribution in [0.3, 0.4) is 0 Å². The number of halogens is 2. The molecular formula is C26H26F2N4O3. The van der Waals surface area contributed by atoms with Gasteiger partial charge in [-0.3, -0.25) is 4.68 Å². The molecule has 1 atom stereocenters. The van der Waals surface area contributed by atoms with E-state index in [1.54, 1.807) is 27.9 Å². The van der Waals surface area contributed by atoms with E-state index in [1.807, 2.05) is 20.8 Å². The van der Waals surface area contributed by atoms with Crippen LogP contribution >= 0.6 is 0 Å². The maximum Gasteiger partial charge on any atom is 0.410 e. The summed E-state index contributed by atoms with van der Waals surface area (Å²) in [6, 6.07) is 8.71. The standard InChI is InChI=1S/C26H26F2N4O3/c1-26(2,3)35-25(33)31-11-10-18(14-31)32-15-19(16-6-8-22(29-4)20(27)12-16)24(30-32)17-7-9-23(34-5)21(28)13-17/h6-9,12-13,15,18H,10-11,14H2,1-3,5H3. The number of methoxy groups -OCH3 is 1. The van der Waals surface area contributed by atoms with Gasteiger partial charge in [-0.15, -0.1) is 0 Å². The molecule has 0 radical (unpaired) electrons. The lowest BCUT2D eigenvalue weighted by Gasteiger charge is -2.24. The average molecular weight is 481 g/mol. The third kappa shape index (κ3) is 5.11. The van der Waals surface area contributed by atoms with Crippen molar-refractivity contribution in [3.8, 4) is 28.1 Å². The Labute approximate surface area is 202 Å². The summed E-state index contributed by atoms with van der Waals surface area (Å²) in [5.41, 5.74) is 1.37. The van der Waals surface area contributed by atoms with E-state index in [1.165, 1.54) is 31.4 Å². The van der Waals surface area contributed by atoms with Gasteiger partial charge in [-0.1, -0.05) is 12.1 Å². The fraction of sp³-hybridized carbons (Fsp3) is 0.346. The van der Waals surface area contributed by atoms with Crippen molar-refractivity contribution in [2.24, 2.45) is 0 Å². The molecule has 0 spiro atoms. The Kier molecular flexibility index (Phi) is 6.48. The van der Waals surface area contributed by atoms with Gasteiger partial charge in [0.2, 0.25) is 5.69 Å². The minimum Gasteiger partial charge on any atom is -0.494 e. The third-order valence-corrected chi connectivity index (χ3v) is 5.73. The molecule has 4 rings (SSSR count). The fourth-order valence-electron chi connectivity index (χ4n) is 4.03. The van der Waals surface area contributed by atoms with Gasteiger partial charge in [0.05, 0.1) is 19.7 Å². The molecule has 1 saturated heterocycles. The molecular weight excluding hydrogens is 454 g/mol. The normalized spacial score (nSPS) is 15.7. The van der Waals surface area contributed by atoms with Crippen molar-refractivity contribution in [3.05, 3.63) is 65.6 Å². The predicted octanol–water partition coefficient (Wildman–Crippen LogP) is 6.24. The van der Waals surface area contributed by atoms with Crippen LogP contribution < -0.4 is 4.74 Å². The SMILES string of the molecule is [C-]#[N+]c1ccc(-c2cn(C3CCN(C(=O)OC(C)(C)C)C3)nc2-c2ccc(OC)c(F)c2)cc1F. The summed E-state index contributed by atoms with van der Waals surface area (Å²) in [6.07, 6.45) is 2.04. The summed E-state index contributed by atoms with van der Waals surface area (Å²) in [6.45, 7) is 13.5. The molecule has 0 bridgehead atoms. The van der Waals surface area contributed by atoms with Crippen LogP contribution in [-0.2, 0) is 4.74 Å². The van der Waals surface area contributed by atoms with E-state index in [-0.39, 0.29) is 23.6 Å². The van der Waals surface area contributed by atoms with Crippen LogP contribution in [0.2, 0.25) is 0 Å². The molecule has 1 fully saturated rings. The molecule has 0 saturated carbocycles. The van der Waals surface area contributed by atoms with Gasteiger partial charge in [0.15, 0.2) is 11.6 Å². The molecule has 1 aliphatic heterocycles. The first-order chi connectivity index (χ1) is 16.6. The number of carbonyl (C=O) groups is 1. The molecule has 2 aromatic carbocycles. The third-order valence-electron chi connectivity index (χ3n) is 5.73. The zero-order chi connectivity index (χ0) is 25.3. The van der Waals surface area contributed by atoms with E-state index in [0.29, 0.717) is 41.9 Å². The maximum atomic E-state index is 14.5. The number of benzene rings is 2. The Hall–Kier alpha value is -3.93. The Bertz CT molecular complexity index is 1310. The number of likely N-dealkylation sites (tertiary alicyclic amines) is 1. The maximum absolute atomic E-state index is 14.5. The van der Waals surface area contributed by atoms with E-state index < -0.39 is 17.2 Å². The van der Waals surface area contributed by atoms with Gasteiger partial charge in [0.25, 0.3) is 0 Å². The lowest BCUT2D eigenvalue weighted by molar-refractivity contribution is 0.0288. The van der Waals surface area contributed by atoms with Gasteiger partial charge in [-0.25, -0.2) is 18.4 Å². The topological polar surface area (TPSA) is 61.0 Å². The Morgan fingerprint density at radius 3 is 2.49 bits per heavy atom. The molecule has 1 aliphatic rings. The van der Waals surface area contributed by atoms with Gasteiger partial charge in [-0.2, -0.15) is 5.10 Å². The quantitative estimate of drug-likeness (QED) is 0.415. The minimum atomic E-state index is -0.644. The number of hydrogen-bond acceptors (Lipinski definition) is 4. The van der Waals surface area contributed by atoms with Crippen LogP contribution in [0.15, 0.2) is 42.6 Å². The Morgan fingerprint density at radius 2 is 1.86 bits per heavy atom. The van der Waals surface area contributed by atoms with Gasteiger partial charge in [0.1, 0.15) is 17.1 Å². The van der Waals surface area contributed by atoms with Crippen molar-refractivity contribution in [2.75, 3.05) is 20.2 Å². The van der Waals surface area contributed by atoms with Gasteiger partial charge in [-0.05, 0) is 57.0 Å². The van der Waals surface area contributed by atoms with Crippen LogP contribution in [0.5, 0.6) is 5.75 Å². The number of aromatic nitrogens is 2. The lowest BCUT2D eigenvalue weighted by atomic mass is 10.0. The van der Waals surface area contributed by atoms with Crippen molar-refractivity contribution in [1.82, 2.24) is 14.7 Å². The molecule has 0 N–H and O–H groups in total. The number of nitrogens with zero attached hydrogens (tertiary/aromatic N) is 4. The summed E-state index contributed by atoms with van der Waals surface area (Å²) >= 11 is 0. The molecule has 1 unspecified atom stereocenters. The van der Waals surface area contributed by atoms with Crippen molar-refractivity contribution >= 4 is 11.8 Å². The molecule has 2 heterocycles. The van der Waals surface area contributed by atoms with E-state index in [9.17, 15) is 13.6 Å². The smallest absolute Gasteiger partial charge is 0.410 e. The second-order valence-corrected chi connectivity index (χ2v) is 9.37. The number of rotatable bonds is 4. The molecule has 1 amide bonds. The number of hydrogen-bond donors (Lipinski definition) is 0. The predicted molar refractivity (Wildman–Crippen MR) is 127 cm³/mol. The first kappa shape index (κ1) is 24.2. The number of ether oxygens (including phenoxy) is 2. The Balaban J connectivity index is 1.72. The van der Waals surface area contributed by atoms with E-state index in [4.69, 9.17) is 21.1 Å². The number of amides is 1. The first-order valence-corrected chi connectivity index (χ1v) is 11.2. The van der Waals surface area contributed by atoms with E-state index in [2.05, 4.69) is 4.85 Å². The van der Waals surface area contributed by atoms with E-state index >= 15 is 0 Å². The number of carbonyl (C=O) groups excluding carboxylic acids is 1. The lowest BCUT2D eigenvalue weighted by Crippen LogP contribution is -2.35. The zero-order valence-electron chi connectivity index (χ0n) is 20.0. The van der Waals surface area contributed by atoms with Crippen LogP contribution in [0, 0.1) is 18.2 Å². The highest BCUT2D eigenvalue weighted by molar-refractivity contribution is 5.81. The molecule has 35 heavy (non-hydrogen) atoms. The summed E-state index contributed by atoms with van der Waals surface area (Å²) in [4.78, 5) is 17.3. The summed E-state index contributed by atoms with van der Waals surface area (Å²) in [7, 11) is 1.39. The van der Waals surface area contributed by atoms with Crippen LogP contribution in [-0.4, -0.2) is 46.6 Å². The van der Waals surface area contributed by atoms with Crippen LogP contribution in [0.4, 0.5) is 19.3 Å². The molecule has 182 valence electrons. The van der Waals surface area contributed by atoms with Crippen LogP contribution in [0.25, 0.3) is 27.2 Å². The van der Waals surface area contributed by atoms with Crippen molar-refractivity contribution in [3.63, 3.8) is 0 Å². The zero-order valence-corrected chi connectivity index (χ0v) is 20.0. The summed E-state index contributed by atoms with van der Waals surface area (Å²) in [5, 5.41) is 4.72. The highest BCUT2D eigenvalue weighted by atomic mass is 19.1. The van der Waals surface area contributed by atoms with Crippen molar-refractivity contribution < 1.29 is 23.0 Å². The fourth-order valence-corrected chi connectivity index (χ4v) is 4.03. The van der Waals surface area contributed by atoms with Crippen molar-refractivity contribution in [2.45, 2.75) is 38.8 Å².